The summed E-state index contributed by atoms with van der Waals surface area (Å²) in [5.74, 6) is 0.0406. The SMILES string of the molecule is Cc1ccc([C@@H]2CCC[C@H](CCc3ncnc(C(=O)N4CCC(N5CCOC6COCCC65)CC4)c3C)O2)cc1. The van der Waals surface area contributed by atoms with E-state index in [0.717, 1.165) is 89.1 Å². The highest BCUT2D eigenvalue weighted by atomic mass is 16.5. The quantitative estimate of drug-likeness (QED) is 0.529. The Morgan fingerprint density at radius 2 is 1.80 bits per heavy atom. The molecule has 1 aromatic heterocycles. The third-order valence-corrected chi connectivity index (χ3v) is 9.49. The van der Waals surface area contributed by atoms with E-state index in [-0.39, 0.29) is 24.2 Å². The van der Waals surface area contributed by atoms with Gasteiger partial charge in [0.15, 0.2) is 0 Å². The van der Waals surface area contributed by atoms with Gasteiger partial charge < -0.3 is 19.1 Å². The predicted octanol–water partition coefficient (Wildman–Crippen LogP) is 4.43. The molecule has 4 atom stereocenters. The van der Waals surface area contributed by atoms with Crippen molar-refractivity contribution < 1.29 is 19.0 Å². The van der Waals surface area contributed by atoms with Crippen molar-refractivity contribution in [2.45, 2.75) is 95.6 Å². The van der Waals surface area contributed by atoms with E-state index in [9.17, 15) is 4.79 Å². The summed E-state index contributed by atoms with van der Waals surface area (Å²) >= 11 is 0. The number of aromatic nitrogens is 2. The Bertz CT molecular complexity index is 1150. The van der Waals surface area contributed by atoms with E-state index in [0.29, 0.717) is 24.4 Å². The molecule has 0 N–H and O–H groups in total. The van der Waals surface area contributed by atoms with E-state index in [2.05, 4.69) is 46.1 Å². The molecule has 1 amide bonds. The second-order valence-corrected chi connectivity index (χ2v) is 12.0. The zero-order valence-corrected chi connectivity index (χ0v) is 24.1. The van der Waals surface area contributed by atoms with Crippen LogP contribution in [0.25, 0.3) is 0 Å². The van der Waals surface area contributed by atoms with Crippen LogP contribution < -0.4 is 0 Å². The van der Waals surface area contributed by atoms with Gasteiger partial charge in [0.2, 0.25) is 0 Å². The second kappa shape index (κ2) is 12.6. The number of likely N-dealkylation sites (tertiary alicyclic amines) is 1. The molecule has 2 aromatic rings. The summed E-state index contributed by atoms with van der Waals surface area (Å²) in [5, 5.41) is 0. The number of carbonyl (C=O) groups is 1. The van der Waals surface area contributed by atoms with Crippen molar-refractivity contribution in [1.82, 2.24) is 19.8 Å². The van der Waals surface area contributed by atoms with Crippen molar-refractivity contribution in [3.63, 3.8) is 0 Å². The first-order valence-corrected chi connectivity index (χ1v) is 15.3. The third kappa shape index (κ3) is 6.10. The van der Waals surface area contributed by atoms with Crippen molar-refractivity contribution in [1.29, 1.82) is 0 Å². The van der Waals surface area contributed by atoms with Crippen molar-refractivity contribution >= 4 is 5.91 Å². The Balaban J connectivity index is 1.03. The molecular formula is C32H44N4O4. The van der Waals surface area contributed by atoms with Gasteiger partial charge in [-0.2, -0.15) is 0 Å². The summed E-state index contributed by atoms with van der Waals surface area (Å²) in [7, 11) is 0. The van der Waals surface area contributed by atoms with E-state index in [4.69, 9.17) is 14.2 Å². The van der Waals surface area contributed by atoms with Gasteiger partial charge >= 0.3 is 0 Å². The van der Waals surface area contributed by atoms with Gasteiger partial charge in [-0.05, 0) is 70.8 Å². The van der Waals surface area contributed by atoms with E-state index in [1.165, 1.54) is 17.5 Å². The van der Waals surface area contributed by atoms with Gasteiger partial charge in [-0.15, -0.1) is 0 Å². The minimum Gasteiger partial charge on any atom is -0.379 e. The Hall–Kier alpha value is -2.39. The highest BCUT2D eigenvalue weighted by Gasteiger charge is 2.39. The summed E-state index contributed by atoms with van der Waals surface area (Å²) < 4.78 is 18.1. The number of fused-ring (bicyclic) bond motifs is 1. The Morgan fingerprint density at radius 3 is 2.62 bits per heavy atom. The number of benzene rings is 1. The number of piperidine rings is 1. The lowest BCUT2D eigenvalue weighted by molar-refractivity contribution is -0.148. The van der Waals surface area contributed by atoms with E-state index in [1.807, 2.05) is 11.8 Å². The fraction of sp³-hybridized carbons (Fsp3) is 0.656. The summed E-state index contributed by atoms with van der Waals surface area (Å²) in [5.41, 5.74) is 4.98. The molecule has 0 spiro atoms. The summed E-state index contributed by atoms with van der Waals surface area (Å²) in [6.07, 6.45) is 10.2. The molecule has 4 saturated heterocycles. The van der Waals surface area contributed by atoms with Crippen LogP contribution in [0.1, 0.15) is 83.9 Å². The summed E-state index contributed by atoms with van der Waals surface area (Å²) in [6.45, 7) is 8.92. The van der Waals surface area contributed by atoms with Crippen LogP contribution in [0.2, 0.25) is 0 Å². The molecular weight excluding hydrogens is 504 g/mol. The van der Waals surface area contributed by atoms with E-state index >= 15 is 0 Å². The van der Waals surface area contributed by atoms with Crippen LogP contribution in [0.4, 0.5) is 0 Å². The van der Waals surface area contributed by atoms with Gasteiger partial charge in [0.05, 0.1) is 31.5 Å². The molecule has 1 aromatic carbocycles. The lowest BCUT2D eigenvalue weighted by atomic mass is 9.94. The Morgan fingerprint density at radius 1 is 0.975 bits per heavy atom. The van der Waals surface area contributed by atoms with Gasteiger partial charge in [-0.1, -0.05) is 29.8 Å². The molecule has 4 fully saturated rings. The molecule has 0 aliphatic carbocycles. The zero-order chi connectivity index (χ0) is 27.5. The van der Waals surface area contributed by atoms with Gasteiger partial charge in [0, 0.05) is 49.6 Å². The smallest absolute Gasteiger partial charge is 0.272 e. The van der Waals surface area contributed by atoms with Gasteiger partial charge in [0.1, 0.15) is 12.0 Å². The first kappa shape index (κ1) is 27.8. The lowest BCUT2D eigenvalue weighted by Crippen LogP contribution is -2.60. The molecule has 6 rings (SSSR count). The van der Waals surface area contributed by atoms with Crippen molar-refractivity contribution in [3.8, 4) is 0 Å². The van der Waals surface area contributed by atoms with E-state index in [1.54, 1.807) is 6.33 Å². The fourth-order valence-electron chi connectivity index (χ4n) is 7.11. The first-order chi connectivity index (χ1) is 19.6. The molecule has 40 heavy (non-hydrogen) atoms. The van der Waals surface area contributed by atoms with Crippen LogP contribution in [0, 0.1) is 13.8 Å². The predicted molar refractivity (Wildman–Crippen MR) is 152 cm³/mol. The summed E-state index contributed by atoms with van der Waals surface area (Å²) in [6, 6.07) is 9.66. The number of hydrogen-bond donors (Lipinski definition) is 0. The van der Waals surface area contributed by atoms with Gasteiger partial charge in [-0.3, -0.25) is 9.69 Å². The maximum Gasteiger partial charge on any atom is 0.272 e. The largest absolute Gasteiger partial charge is 0.379 e. The molecule has 216 valence electrons. The maximum absolute atomic E-state index is 13.6. The standard InChI is InChI=1S/C32H44N4O4/c1-22-6-8-24(9-7-22)29-5-3-4-26(40-29)10-11-27-23(2)31(34-21-33-27)32(37)35-15-12-25(13-16-35)36-17-19-39-30-20-38-18-14-28(30)36/h6-9,21,25-26,28-30H,3-5,10-20H2,1-2H3/t26-,28?,29+,30?/m1/s1. The second-order valence-electron chi connectivity index (χ2n) is 12.0. The molecule has 8 heteroatoms. The molecule has 0 bridgehead atoms. The monoisotopic (exact) mass is 548 g/mol. The number of carbonyl (C=O) groups excluding carboxylic acids is 1. The van der Waals surface area contributed by atoms with Crippen molar-refractivity contribution in [2.24, 2.45) is 0 Å². The molecule has 4 aliphatic rings. The van der Waals surface area contributed by atoms with Crippen molar-refractivity contribution in [3.05, 3.63) is 58.7 Å². The van der Waals surface area contributed by atoms with Crippen molar-refractivity contribution in [2.75, 3.05) is 39.5 Å². The van der Waals surface area contributed by atoms with Gasteiger partial charge in [-0.25, -0.2) is 9.97 Å². The van der Waals surface area contributed by atoms with Crippen LogP contribution in [0.5, 0.6) is 0 Å². The van der Waals surface area contributed by atoms with Crippen LogP contribution >= 0.6 is 0 Å². The number of hydrogen-bond acceptors (Lipinski definition) is 7. The lowest BCUT2D eigenvalue weighted by Gasteiger charge is -2.49. The van der Waals surface area contributed by atoms with Crippen LogP contribution in [-0.2, 0) is 20.6 Å². The number of aryl methyl sites for hydroxylation is 2. The number of nitrogens with zero attached hydrogens (tertiary/aromatic N) is 4. The van der Waals surface area contributed by atoms with E-state index < -0.39 is 0 Å². The normalized spacial score (nSPS) is 28.3. The molecule has 2 unspecified atom stereocenters. The topological polar surface area (TPSA) is 77.0 Å². The Labute approximate surface area is 238 Å². The average Bonchev–Trinajstić information content (AvgIpc) is 3.00. The average molecular weight is 549 g/mol. The molecule has 0 saturated carbocycles. The fourth-order valence-corrected chi connectivity index (χ4v) is 7.11. The van der Waals surface area contributed by atoms with Gasteiger partial charge in [0.25, 0.3) is 5.91 Å². The third-order valence-electron chi connectivity index (χ3n) is 9.49. The number of morpholine rings is 1. The molecule has 8 nitrogen and oxygen atoms in total. The van der Waals surface area contributed by atoms with Crippen LogP contribution in [0.3, 0.4) is 0 Å². The molecule has 0 radical (unpaired) electrons. The maximum atomic E-state index is 13.6. The number of ether oxygens (including phenoxy) is 3. The molecule has 4 aliphatic heterocycles. The summed E-state index contributed by atoms with van der Waals surface area (Å²) in [4.78, 5) is 27.2. The highest BCUT2D eigenvalue weighted by molar-refractivity contribution is 5.93. The number of amides is 1. The Kier molecular flexibility index (Phi) is 8.77. The minimum absolute atomic E-state index is 0.0406. The number of rotatable bonds is 6. The highest BCUT2D eigenvalue weighted by Crippen LogP contribution is 2.33. The van der Waals surface area contributed by atoms with Crippen LogP contribution in [0.15, 0.2) is 30.6 Å². The zero-order valence-electron chi connectivity index (χ0n) is 24.1. The first-order valence-electron chi connectivity index (χ1n) is 15.3. The minimum atomic E-state index is 0.0406. The molecule has 5 heterocycles. The van der Waals surface area contributed by atoms with Crippen LogP contribution in [-0.4, -0.2) is 89.4 Å².